The molecule has 4 rings (SSSR count). The van der Waals surface area contributed by atoms with Crippen molar-refractivity contribution in [2.24, 2.45) is 0 Å². The fraction of sp³-hybridized carbons (Fsp3) is 0.158. The van der Waals surface area contributed by atoms with Crippen molar-refractivity contribution in [2.45, 2.75) is 11.2 Å². The van der Waals surface area contributed by atoms with Crippen LogP contribution in [0.5, 0.6) is 5.75 Å². The van der Waals surface area contributed by atoms with Gasteiger partial charge < -0.3 is 10.1 Å². The van der Waals surface area contributed by atoms with Crippen LogP contribution in [0.2, 0.25) is 0 Å². The Hall–Kier alpha value is -2.73. The fourth-order valence-corrected chi connectivity index (χ4v) is 3.23. The smallest absolute Gasteiger partial charge is 0.227 e. The van der Waals surface area contributed by atoms with Gasteiger partial charge in [0.05, 0.1) is 7.11 Å². The van der Waals surface area contributed by atoms with E-state index in [2.05, 4.69) is 33.6 Å². The van der Waals surface area contributed by atoms with Gasteiger partial charge in [-0.1, -0.05) is 42.1 Å². The zero-order chi connectivity index (χ0) is 17.2. The van der Waals surface area contributed by atoms with Crippen molar-refractivity contribution in [1.29, 1.82) is 0 Å². The monoisotopic (exact) mass is 350 g/mol. The molecule has 2 heterocycles. The summed E-state index contributed by atoms with van der Waals surface area (Å²) in [6.45, 7) is 0. The number of fused-ring (bicyclic) bond motifs is 1. The number of rotatable bonds is 4. The van der Waals surface area contributed by atoms with Gasteiger partial charge in [0.1, 0.15) is 11.8 Å². The van der Waals surface area contributed by atoms with Gasteiger partial charge in [-0.05, 0) is 47.7 Å². The molecule has 1 aromatic heterocycles. The Morgan fingerprint density at radius 1 is 1.08 bits per heavy atom. The van der Waals surface area contributed by atoms with Gasteiger partial charge in [0.2, 0.25) is 11.1 Å². The van der Waals surface area contributed by atoms with E-state index in [9.17, 15) is 0 Å². The minimum atomic E-state index is 0.00273. The number of anilines is 1. The number of aromatic nitrogens is 3. The molecule has 5 nitrogen and oxygen atoms in total. The van der Waals surface area contributed by atoms with Crippen LogP contribution in [0.3, 0.4) is 0 Å². The Morgan fingerprint density at radius 3 is 2.52 bits per heavy atom. The van der Waals surface area contributed by atoms with Crippen molar-refractivity contribution in [1.82, 2.24) is 14.8 Å². The number of benzene rings is 2. The molecular formula is C19H18N4OS. The van der Waals surface area contributed by atoms with E-state index in [-0.39, 0.29) is 6.04 Å². The van der Waals surface area contributed by atoms with E-state index in [4.69, 9.17) is 4.74 Å². The molecule has 6 heteroatoms. The largest absolute Gasteiger partial charge is 0.497 e. The third-order valence-corrected chi connectivity index (χ3v) is 4.71. The van der Waals surface area contributed by atoms with Crippen molar-refractivity contribution in [3.63, 3.8) is 0 Å². The molecule has 0 bridgehead atoms. The van der Waals surface area contributed by atoms with Gasteiger partial charge in [-0.2, -0.15) is 4.98 Å². The zero-order valence-electron chi connectivity index (χ0n) is 14.0. The van der Waals surface area contributed by atoms with Crippen molar-refractivity contribution < 1.29 is 4.74 Å². The lowest BCUT2D eigenvalue weighted by molar-refractivity contribution is 0.415. The molecule has 3 aromatic rings. The molecule has 126 valence electrons. The lowest BCUT2D eigenvalue weighted by atomic mass is 10.0. The summed E-state index contributed by atoms with van der Waals surface area (Å²) in [5.74, 6) is 1.60. The molecule has 0 spiro atoms. The molecule has 0 aliphatic carbocycles. The van der Waals surface area contributed by atoms with Gasteiger partial charge >= 0.3 is 0 Å². The zero-order valence-corrected chi connectivity index (χ0v) is 14.8. The van der Waals surface area contributed by atoms with E-state index in [1.54, 1.807) is 7.11 Å². The molecule has 25 heavy (non-hydrogen) atoms. The van der Waals surface area contributed by atoms with Crippen LogP contribution in [0.15, 0.2) is 65.8 Å². The van der Waals surface area contributed by atoms with Crippen LogP contribution in [0.25, 0.3) is 5.70 Å². The van der Waals surface area contributed by atoms with Crippen LogP contribution in [0, 0.1) is 0 Å². The van der Waals surface area contributed by atoms with E-state index in [1.807, 2.05) is 53.4 Å². The van der Waals surface area contributed by atoms with Crippen molar-refractivity contribution in [2.75, 3.05) is 18.7 Å². The maximum absolute atomic E-state index is 5.25. The first kappa shape index (κ1) is 15.8. The first-order valence-corrected chi connectivity index (χ1v) is 9.19. The van der Waals surface area contributed by atoms with E-state index in [0.29, 0.717) is 0 Å². The van der Waals surface area contributed by atoms with Crippen LogP contribution >= 0.6 is 11.8 Å². The van der Waals surface area contributed by atoms with E-state index in [1.165, 1.54) is 17.3 Å². The summed E-state index contributed by atoms with van der Waals surface area (Å²) >= 11 is 1.54. The Balaban J connectivity index is 1.78. The second kappa shape index (κ2) is 6.64. The van der Waals surface area contributed by atoms with Gasteiger partial charge in [-0.15, -0.1) is 5.10 Å². The van der Waals surface area contributed by atoms with Crippen LogP contribution in [0.4, 0.5) is 5.95 Å². The SMILES string of the molecule is COc1ccc(C2=CC(c3ccccc3)n3nc(SC)nc3N2)cc1. The lowest BCUT2D eigenvalue weighted by Crippen LogP contribution is -2.20. The van der Waals surface area contributed by atoms with Crippen molar-refractivity contribution in [3.05, 3.63) is 71.8 Å². The molecule has 0 radical (unpaired) electrons. The Bertz CT molecular complexity index is 903. The summed E-state index contributed by atoms with van der Waals surface area (Å²) in [4.78, 5) is 4.59. The maximum atomic E-state index is 5.25. The number of methoxy groups -OCH3 is 1. The van der Waals surface area contributed by atoms with Crippen LogP contribution in [-0.4, -0.2) is 28.1 Å². The summed E-state index contributed by atoms with van der Waals surface area (Å²) in [7, 11) is 1.67. The van der Waals surface area contributed by atoms with Crippen molar-refractivity contribution in [3.8, 4) is 5.75 Å². The highest BCUT2D eigenvalue weighted by atomic mass is 32.2. The summed E-state index contributed by atoms with van der Waals surface area (Å²) in [6.07, 6.45) is 4.17. The van der Waals surface area contributed by atoms with Crippen molar-refractivity contribution >= 4 is 23.4 Å². The number of ether oxygens (including phenoxy) is 1. The van der Waals surface area contributed by atoms with Crippen LogP contribution in [-0.2, 0) is 0 Å². The molecule has 2 aromatic carbocycles. The third-order valence-electron chi connectivity index (χ3n) is 4.17. The highest BCUT2D eigenvalue weighted by molar-refractivity contribution is 7.98. The fourth-order valence-electron chi connectivity index (χ4n) is 2.89. The molecule has 0 fully saturated rings. The quantitative estimate of drug-likeness (QED) is 0.719. The number of hydrogen-bond donors (Lipinski definition) is 1. The third kappa shape index (κ3) is 3.00. The molecule has 0 saturated heterocycles. The van der Waals surface area contributed by atoms with Gasteiger partial charge in [-0.3, -0.25) is 0 Å². The molecule has 1 aliphatic rings. The Kier molecular flexibility index (Phi) is 4.19. The number of hydrogen-bond acceptors (Lipinski definition) is 5. The van der Waals surface area contributed by atoms with Gasteiger partial charge in [0, 0.05) is 5.70 Å². The average molecular weight is 350 g/mol. The topological polar surface area (TPSA) is 52.0 Å². The summed E-state index contributed by atoms with van der Waals surface area (Å²) in [5.41, 5.74) is 3.28. The minimum absolute atomic E-state index is 0.00273. The molecule has 1 aliphatic heterocycles. The number of allylic oxidation sites excluding steroid dienone is 1. The van der Waals surface area contributed by atoms with E-state index in [0.717, 1.165) is 28.1 Å². The molecule has 1 atom stereocenters. The molecule has 0 saturated carbocycles. The standard InChI is InChI=1S/C19H18N4OS/c1-24-15-10-8-13(9-11-15)16-12-17(14-6-4-3-5-7-14)23-18(20-16)21-19(22-23)25-2/h3-12,17H,1-2H3,(H,20,21,22). The molecular weight excluding hydrogens is 332 g/mol. The second-order valence-corrected chi connectivity index (χ2v) is 6.43. The van der Waals surface area contributed by atoms with E-state index >= 15 is 0 Å². The second-order valence-electron chi connectivity index (χ2n) is 5.66. The Labute approximate surface area is 150 Å². The summed E-state index contributed by atoms with van der Waals surface area (Å²) in [6, 6.07) is 18.4. The van der Waals surface area contributed by atoms with Gasteiger partial charge in [0.15, 0.2) is 0 Å². The predicted molar refractivity (Wildman–Crippen MR) is 101 cm³/mol. The number of nitrogens with zero attached hydrogens (tertiary/aromatic N) is 3. The normalized spacial score (nSPS) is 15.9. The number of thioether (sulfide) groups is 1. The first-order valence-electron chi connectivity index (χ1n) is 7.97. The highest BCUT2D eigenvalue weighted by Gasteiger charge is 2.25. The molecule has 1 unspecified atom stereocenters. The predicted octanol–water partition coefficient (Wildman–Crippen LogP) is 4.06. The first-order chi connectivity index (χ1) is 12.3. The Morgan fingerprint density at radius 2 is 1.84 bits per heavy atom. The number of nitrogens with one attached hydrogen (secondary N) is 1. The minimum Gasteiger partial charge on any atom is -0.497 e. The van der Waals surface area contributed by atoms with Gasteiger partial charge in [0.25, 0.3) is 0 Å². The molecule has 1 N–H and O–H groups in total. The average Bonchev–Trinajstić information content (AvgIpc) is 3.11. The highest BCUT2D eigenvalue weighted by Crippen LogP contribution is 2.33. The lowest BCUT2D eigenvalue weighted by Gasteiger charge is -2.24. The van der Waals surface area contributed by atoms with E-state index < -0.39 is 0 Å². The summed E-state index contributed by atoms with van der Waals surface area (Å²) in [5, 5.41) is 8.78. The molecule has 0 amide bonds. The maximum Gasteiger partial charge on any atom is 0.227 e. The summed E-state index contributed by atoms with van der Waals surface area (Å²) < 4.78 is 7.19. The van der Waals surface area contributed by atoms with Gasteiger partial charge in [-0.25, -0.2) is 4.68 Å². The van der Waals surface area contributed by atoms with Crippen LogP contribution in [0.1, 0.15) is 17.2 Å². The van der Waals surface area contributed by atoms with Crippen LogP contribution < -0.4 is 10.1 Å².